The molecule has 0 radical (unpaired) electrons. The number of nitrogens with zero attached hydrogens (tertiary/aromatic N) is 1. The highest BCUT2D eigenvalue weighted by Gasteiger charge is 2.18. The molecule has 0 spiro atoms. The first-order chi connectivity index (χ1) is 13.0. The molecular weight excluding hydrogens is 362 g/mol. The highest BCUT2D eigenvalue weighted by Crippen LogP contribution is 2.25. The lowest BCUT2D eigenvalue weighted by Crippen LogP contribution is -2.40. The molecule has 3 aromatic rings. The summed E-state index contributed by atoms with van der Waals surface area (Å²) in [6.45, 7) is 3.11. The fourth-order valence-electron chi connectivity index (χ4n) is 2.87. The summed E-state index contributed by atoms with van der Waals surface area (Å²) in [5.74, 6) is -0.0415. The fraction of sp³-hybridized carbons (Fsp3) is 0.250. The molecule has 0 bridgehead atoms. The molecule has 0 aliphatic rings. The third-order valence-electron chi connectivity index (χ3n) is 4.26. The second-order valence-electron chi connectivity index (χ2n) is 6.50. The molecule has 0 amide bonds. The molecule has 0 saturated carbocycles. The van der Waals surface area contributed by atoms with Gasteiger partial charge in [0.2, 0.25) is 10.0 Å². The molecule has 1 unspecified atom stereocenters. The summed E-state index contributed by atoms with van der Waals surface area (Å²) < 4.78 is 27.9. The van der Waals surface area contributed by atoms with Crippen molar-refractivity contribution >= 4 is 20.8 Å². The van der Waals surface area contributed by atoms with Crippen LogP contribution in [-0.2, 0) is 16.4 Å². The van der Waals surface area contributed by atoms with E-state index in [1.807, 2.05) is 25.1 Å². The SMILES string of the molecule is CC(CNCCc1ccccc1)NS(=O)(=O)c1ccc2cncc(O)c2c1. The first-order valence-corrected chi connectivity index (χ1v) is 10.3. The Morgan fingerprint density at radius 3 is 2.67 bits per heavy atom. The van der Waals surface area contributed by atoms with Gasteiger partial charge in [0.25, 0.3) is 0 Å². The largest absolute Gasteiger partial charge is 0.506 e. The maximum Gasteiger partial charge on any atom is 0.240 e. The Bertz CT molecular complexity index is 1010. The number of sulfonamides is 1. The van der Waals surface area contributed by atoms with Crippen molar-refractivity contribution in [3.05, 3.63) is 66.5 Å². The minimum atomic E-state index is -3.68. The Balaban J connectivity index is 1.58. The highest BCUT2D eigenvalue weighted by atomic mass is 32.2. The van der Waals surface area contributed by atoms with E-state index in [4.69, 9.17) is 0 Å². The lowest BCUT2D eigenvalue weighted by atomic mass is 10.1. The second-order valence-corrected chi connectivity index (χ2v) is 8.22. The number of nitrogens with one attached hydrogen (secondary N) is 2. The van der Waals surface area contributed by atoms with E-state index in [2.05, 4.69) is 27.2 Å². The molecule has 2 aromatic carbocycles. The number of aromatic hydroxyl groups is 1. The molecule has 27 heavy (non-hydrogen) atoms. The number of aromatic nitrogens is 1. The van der Waals surface area contributed by atoms with E-state index in [9.17, 15) is 13.5 Å². The third-order valence-corrected chi connectivity index (χ3v) is 5.85. The van der Waals surface area contributed by atoms with Crippen LogP contribution >= 0.6 is 0 Å². The summed E-state index contributed by atoms with van der Waals surface area (Å²) >= 11 is 0. The topological polar surface area (TPSA) is 91.3 Å². The van der Waals surface area contributed by atoms with Crippen molar-refractivity contribution in [3.8, 4) is 5.75 Å². The number of pyridine rings is 1. The minimum Gasteiger partial charge on any atom is -0.506 e. The van der Waals surface area contributed by atoms with Crippen LogP contribution in [0.5, 0.6) is 5.75 Å². The quantitative estimate of drug-likeness (QED) is 0.518. The smallest absolute Gasteiger partial charge is 0.240 e. The van der Waals surface area contributed by atoms with Gasteiger partial charge in [0, 0.05) is 29.6 Å². The third kappa shape index (κ3) is 5.03. The van der Waals surface area contributed by atoms with E-state index in [1.54, 1.807) is 12.3 Å². The first-order valence-electron chi connectivity index (χ1n) is 8.79. The molecule has 6 nitrogen and oxygen atoms in total. The second kappa shape index (κ2) is 8.47. The fourth-order valence-corrected chi connectivity index (χ4v) is 4.13. The Hall–Kier alpha value is -2.48. The van der Waals surface area contributed by atoms with Gasteiger partial charge in [-0.25, -0.2) is 13.1 Å². The van der Waals surface area contributed by atoms with E-state index in [-0.39, 0.29) is 16.7 Å². The van der Waals surface area contributed by atoms with E-state index in [0.717, 1.165) is 13.0 Å². The van der Waals surface area contributed by atoms with Crippen LogP contribution in [0, 0.1) is 0 Å². The molecule has 0 fully saturated rings. The lowest BCUT2D eigenvalue weighted by molar-refractivity contribution is 0.479. The van der Waals surface area contributed by atoms with Gasteiger partial charge in [-0.15, -0.1) is 0 Å². The summed E-state index contributed by atoms with van der Waals surface area (Å²) in [6.07, 6.45) is 3.77. The Morgan fingerprint density at radius 2 is 1.89 bits per heavy atom. The maximum atomic E-state index is 12.6. The van der Waals surface area contributed by atoms with Gasteiger partial charge in [-0.3, -0.25) is 4.98 Å². The van der Waals surface area contributed by atoms with Gasteiger partial charge in [0.1, 0.15) is 5.75 Å². The normalized spacial score (nSPS) is 12.9. The molecule has 0 saturated heterocycles. The zero-order valence-corrected chi connectivity index (χ0v) is 15.9. The van der Waals surface area contributed by atoms with Crippen LogP contribution in [0.4, 0.5) is 0 Å². The summed E-state index contributed by atoms with van der Waals surface area (Å²) in [6, 6.07) is 14.5. The predicted octanol–water partition coefficient (Wildman–Crippen LogP) is 2.44. The maximum absolute atomic E-state index is 12.6. The number of hydrogen-bond acceptors (Lipinski definition) is 5. The first kappa shape index (κ1) is 19.3. The Morgan fingerprint density at radius 1 is 1.11 bits per heavy atom. The van der Waals surface area contributed by atoms with Crippen molar-refractivity contribution in [2.24, 2.45) is 0 Å². The molecule has 3 rings (SSSR count). The summed E-state index contributed by atoms with van der Waals surface area (Å²) in [7, 11) is -3.68. The molecule has 7 heteroatoms. The van der Waals surface area contributed by atoms with Gasteiger partial charge in [0.05, 0.1) is 11.1 Å². The van der Waals surface area contributed by atoms with Gasteiger partial charge in [-0.05, 0) is 37.6 Å². The Labute approximate surface area is 159 Å². The van der Waals surface area contributed by atoms with E-state index >= 15 is 0 Å². The van der Waals surface area contributed by atoms with Gasteiger partial charge >= 0.3 is 0 Å². The van der Waals surface area contributed by atoms with E-state index in [0.29, 0.717) is 17.3 Å². The van der Waals surface area contributed by atoms with Crippen molar-refractivity contribution in [1.82, 2.24) is 15.0 Å². The van der Waals surface area contributed by atoms with Gasteiger partial charge in [-0.2, -0.15) is 0 Å². The number of hydrogen-bond donors (Lipinski definition) is 3. The standard InChI is InChI=1S/C20H23N3O3S/c1-15(12-21-10-9-16-5-3-2-4-6-16)23-27(25,26)18-8-7-17-13-22-14-20(24)19(17)11-18/h2-8,11,13-15,21,23-24H,9-10,12H2,1H3. The van der Waals surface area contributed by atoms with E-state index < -0.39 is 10.0 Å². The summed E-state index contributed by atoms with van der Waals surface area (Å²) in [5.41, 5.74) is 1.24. The molecule has 142 valence electrons. The lowest BCUT2D eigenvalue weighted by Gasteiger charge is -2.15. The number of fused-ring (bicyclic) bond motifs is 1. The van der Waals surface area contributed by atoms with Crippen LogP contribution < -0.4 is 10.0 Å². The molecule has 1 atom stereocenters. The molecule has 0 aliphatic carbocycles. The Kier molecular flexibility index (Phi) is 6.05. The predicted molar refractivity (Wildman–Crippen MR) is 106 cm³/mol. The van der Waals surface area contributed by atoms with Gasteiger partial charge in [0.15, 0.2) is 0 Å². The van der Waals surface area contributed by atoms with E-state index in [1.165, 1.54) is 23.9 Å². The summed E-state index contributed by atoms with van der Waals surface area (Å²) in [4.78, 5) is 4.01. The van der Waals surface area contributed by atoms with Crippen LogP contribution in [-0.4, -0.2) is 37.6 Å². The zero-order valence-electron chi connectivity index (χ0n) is 15.1. The molecule has 1 heterocycles. The van der Waals surface area contributed by atoms with Crippen molar-refractivity contribution in [2.45, 2.75) is 24.3 Å². The zero-order chi connectivity index (χ0) is 19.3. The van der Waals surface area contributed by atoms with Crippen LogP contribution in [0.2, 0.25) is 0 Å². The summed E-state index contributed by atoms with van der Waals surface area (Å²) in [5, 5.41) is 14.3. The van der Waals surface area contributed by atoms with Crippen molar-refractivity contribution in [1.29, 1.82) is 0 Å². The number of rotatable bonds is 8. The monoisotopic (exact) mass is 385 g/mol. The molecule has 1 aromatic heterocycles. The van der Waals surface area contributed by atoms with Gasteiger partial charge in [-0.1, -0.05) is 36.4 Å². The van der Waals surface area contributed by atoms with Gasteiger partial charge < -0.3 is 10.4 Å². The molecule has 3 N–H and O–H groups in total. The average Bonchev–Trinajstić information content (AvgIpc) is 2.66. The van der Waals surface area contributed by atoms with Crippen LogP contribution in [0.3, 0.4) is 0 Å². The van der Waals surface area contributed by atoms with Crippen LogP contribution in [0.15, 0.2) is 65.8 Å². The van der Waals surface area contributed by atoms with Crippen molar-refractivity contribution in [2.75, 3.05) is 13.1 Å². The minimum absolute atomic E-state index is 0.0415. The van der Waals surface area contributed by atoms with Crippen LogP contribution in [0.25, 0.3) is 10.8 Å². The van der Waals surface area contributed by atoms with Crippen LogP contribution in [0.1, 0.15) is 12.5 Å². The van der Waals surface area contributed by atoms with Crippen molar-refractivity contribution < 1.29 is 13.5 Å². The number of benzene rings is 2. The highest BCUT2D eigenvalue weighted by molar-refractivity contribution is 7.89. The molecule has 0 aliphatic heterocycles. The average molecular weight is 385 g/mol. The van der Waals surface area contributed by atoms with Crippen molar-refractivity contribution in [3.63, 3.8) is 0 Å². The molecular formula is C20H23N3O3S.